The Kier molecular flexibility index (Phi) is 5.36. The number of carbonyl (C=O) groups is 1. The molecule has 0 saturated carbocycles. The van der Waals surface area contributed by atoms with Crippen molar-refractivity contribution in [3.05, 3.63) is 17.5 Å². The summed E-state index contributed by atoms with van der Waals surface area (Å²) in [5.41, 5.74) is 0.949. The van der Waals surface area contributed by atoms with Crippen molar-refractivity contribution in [2.24, 2.45) is 5.92 Å². The predicted molar refractivity (Wildman–Crippen MR) is 88.9 cm³/mol. The van der Waals surface area contributed by atoms with Crippen LogP contribution in [0, 0.1) is 12.8 Å². The summed E-state index contributed by atoms with van der Waals surface area (Å²) in [5, 5.41) is 3.96. The highest BCUT2D eigenvalue weighted by atomic mass is 16.5. The van der Waals surface area contributed by atoms with Crippen LogP contribution in [0.1, 0.15) is 56.9 Å². The van der Waals surface area contributed by atoms with E-state index in [-0.39, 0.29) is 5.91 Å². The van der Waals surface area contributed by atoms with Crippen LogP contribution in [0.3, 0.4) is 0 Å². The maximum Gasteiger partial charge on any atom is 0.219 e. The highest BCUT2D eigenvalue weighted by Gasteiger charge is 2.32. The molecule has 0 aliphatic carbocycles. The van der Waals surface area contributed by atoms with Gasteiger partial charge in [-0.05, 0) is 51.6 Å². The van der Waals surface area contributed by atoms with Crippen LogP contribution in [-0.2, 0) is 11.3 Å². The number of hydrogen-bond acceptors (Lipinski definition) is 4. The maximum absolute atomic E-state index is 12.0. The number of likely N-dealkylation sites (tertiary alicyclic amines) is 2. The van der Waals surface area contributed by atoms with E-state index in [9.17, 15) is 4.79 Å². The van der Waals surface area contributed by atoms with Crippen LogP contribution < -0.4 is 0 Å². The molecule has 5 heteroatoms. The van der Waals surface area contributed by atoms with Gasteiger partial charge in [0, 0.05) is 25.6 Å². The second-order valence-electron chi connectivity index (χ2n) is 7.18. The van der Waals surface area contributed by atoms with E-state index in [2.05, 4.69) is 15.0 Å². The highest BCUT2D eigenvalue weighted by molar-refractivity contribution is 5.73. The van der Waals surface area contributed by atoms with Crippen LogP contribution in [0.25, 0.3) is 0 Å². The lowest BCUT2D eigenvalue weighted by Gasteiger charge is -2.40. The number of aromatic nitrogens is 1. The molecular weight excluding hydrogens is 290 g/mol. The molecule has 1 atom stereocenters. The largest absolute Gasteiger partial charge is 0.360 e. The molecule has 0 unspecified atom stereocenters. The molecular formula is C18H29N3O2. The van der Waals surface area contributed by atoms with Crippen LogP contribution in [0.2, 0.25) is 0 Å². The standard InChI is InChI=1S/C18H29N3O2/c1-14-12-17(23-19-14)13-20-10-7-16(8-11-20)18-6-4-3-5-9-21(18)15(2)22/h12,16,18H,3-11,13H2,1-2H3/t18-/m0/s1. The Morgan fingerprint density at radius 2 is 2.00 bits per heavy atom. The summed E-state index contributed by atoms with van der Waals surface area (Å²) >= 11 is 0. The minimum atomic E-state index is 0.261. The van der Waals surface area contributed by atoms with Crippen LogP contribution in [0.5, 0.6) is 0 Å². The number of piperidine rings is 1. The van der Waals surface area contributed by atoms with Crippen LogP contribution in [0.15, 0.2) is 10.6 Å². The van der Waals surface area contributed by atoms with Crippen molar-refractivity contribution < 1.29 is 9.32 Å². The Morgan fingerprint density at radius 1 is 1.22 bits per heavy atom. The zero-order valence-electron chi connectivity index (χ0n) is 14.5. The molecule has 2 aliphatic heterocycles. The summed E-state index contributed by atoms with van der Waals surface area (Å²) in [6.45, 7) is 7.69. The van der Waals surface area contributed by atoms with Crippen LogP contribution in [0.4, 0.5) is 0 Å². The highest BCUT2D eigenvalue weighted by Crippen LogP contribution is 2.30. The molecule has 3 rings (SSSR count). The molecule has 5 nitrogen and oxygen atoms in total. The van der Waals surface area contributed by atoms with Gasteiger partial charge in [-0.3, -0.25) is 9.69 Å². The van der Waals surface area contributed by atoms with Gasteiger partial charge in [0.05, 0.1) is 12.2 Å². The number of nitrogens with zero attached hydrogens (tertiary/aromatic N) is 3. The minimum Gasteiger partial charge on any atom is -0.360 e. The van der Waals surface area contributed by atoms with E-state index in [1.54, 1.807) is 6.92 Å². The fourth-order valence-corrected chi connectivity index (χ4v) is 4.22. The zero-order chi connectivity index (χ0) is 16.2. The Balaban J connectivity index is 1.55. The topological polar surface area (TPSA) is 49.6 Å². The lowest BCUT2D eigenvalue weighted by Crippen LogP contribution is -2.47. The first-order chi connectivity index (χ1) is 11.1. The first-order valence-electron chi connectivity index (χ1n) is 9.05. The van der Waals surface area contributed by atoms with Crippen LogP contribution >= 0.6 is 0 Å². The van der Waals surface area contributed by atoms with Gasteiger partial charge in [0.25, 0.3) is 0 Å². The van der Waals surface area contributed by atoms with E-state index in [0.717, 1.165) is 37.6 Å². The van der Waals surface area contributed by atoms with Crippen molar-refractivity contribution in [2.75, 3.05) is 19.6 Å². The zero-order valence-corrected chi connectivity index (χ0v) is 14.5. The van der Waals surface area contributed by atoms with E-state index in [1.807, 2.05) is 13.0 Å². The van der Waals surface area contributed by atoms with E-state index in [1.165, 1.54) is 38.5 Å². The molecule has 2 saturated heterocycles. The van der Waals surface area contributed by atoms with Crippen molar-refractivity contribution in [1.82, 2.24) is 15.0 Å². The maximum atomic E-state index is 12.0. The molecule has 23 heavy (non-hydrogen) atoms. The third-order valence-corrected chi connectivity index (χ3v) is 5.44. The normalized spacial score (nSPS) is 24.6. The lowest BCUT2D eigenvalue weighted by molar-refractivity contribution is -0.132. The number of hydrogen-bond donors (Lipinski definition) is 0. The van der Waals surface area contributed by atoms with Gasteiger partial charge < -0.3 is 9.42 Å². The molecule has 2 fully saturated rings. The van der Waals surface area contributed by atoms with Gasteiger partial charge in [0.2, 0.25) is 5.91 Å². The molecule has 0 bridgehead atoms. The average Bonchev–Trinajstić information content (AvgIpc) is 2.80. The third kappa shape index (κ3) is 4.14. The summed E-state index contributed by atoms with van der Waals surface area (Å²) in [5.74, 6) is 1.88. The Bertz CT molecular complexity index is 520. The molecule has 0 N–H and O–H groups in total. The number of amides is 1. The van der Waals surface area contributed by atoms with Gasteiger partial charge in [0.15, 0.2) is 5.76 Å². The third-order valence-electron chi connectivity index (χ3n) is 5.44. The van der Waals surface area contributed by atoms with Gasteiger partial charge >= 0.3 is 0 Å². The first-order valence-corrected chi connectivity index (χ1v) is 9.05. The molecule has 0 spiro atoms. The quantitative estimate of drug-likeness (QED) is 0.859. The Hall–Kier alpha value is -1.36. The monoisotopic (exact) mass is 319 g/mol. The SMILES string of the molecule is CC(=O)N1CCCCC[C@H]1C1CCN(Cc2cc(C)no2)CC1. The molecule has 0 radical (unpaired) electrons. The Labute approximate surface area is 139 Å². The molecule has 1 aromatic heterocycles. The fraction of sp³-hybridized carbons (Fsp3) is 0.778. The predicted octanol–water partition coefficient (Wildman–Crippen LogP) is 2.99. The summed E-state index contributed by atoms with van der Waals surface area (Å²) in [4.78, 5) is 16.6. The van der Waals surface area contributed by atoms with E-state index >= 15 is 0 Å². The number of carbonyl (C=O) groups excluding carboxylic acids is 1. The summed E-state index contributed by atoms with van der Waals surface area (Å²) in [7, 11) is 0. The molecule has 1 aromatic rings. The molecule has 1 amide bonds. The number of rotatable bonds is 3. The fourth-order valence-electron chi connectivity index (χ4n) is 4.22. The van der Waals surface area contributed by atoms with Gasteiger partial charge in [-0.25, -0.2) is 0 Å². The summed E-state index contributed by atoms with van der Waals surface area (Å²) < 4.78 is 5.33. The van der Waals surface area contributed by atoms with Gasteiger partial charge in [-0.2, -0.15) is 0 Å². The lowest BCUT2D eigenvalue weighted by atomic mass is 9.86. The van der Waals surface area contributed by atoms with Crippen molar-refractivity contribution in [3.8, 4) is 0 Å². The molecule has 2 aliphatic rings. The average molecular weight is 319 g/mol. The van der Waals surface area contributed by atoms with Crippen molar-refractivity contribution in [2.45, 2.75) is 65.0 Å². The minimum absolute atomic E-state index is 0.261. The van der Waals surface area contributed by atoms with Crippen molar-refractivity contribution in [3.63, 3.8) is 0 Å². The van der Waals surface area contributed by atoms with E-state index < -0.39 is 0 Å². The Morgan fingerprint density at radius 3 is 2.65 bits per heavy atom. The first kappa shape index (κ1) is 16.5. The molecule has 3 heterocycles. The van der Waals surface area contributed by atoms with E-state index in [4.69, 9.17) is 4.52 Å². The van der Waals surface area contributed by atoms with Gasteiger partial charge in [-0.1, -0.05) is 18.0 Å². The van der Waals surface area contributed by atoms with Crippen molar-refractivity contribution in [1.29, 1.82) is 0 Å². The van der Waals surface area contributed by atoms with Crippen molar-refractivity contribution >= 4 is 5.91 Å². The second kappa shape index (κ2) is 7.47. The summed E-state index contributed by atoms with van der Waals surface area (Å²) in [6, 6.07) is 2.49. The molecule has 128 valence electrons. The van der Waals surface area contributed by atoms with Crippen LogP contribution in [-0.4, -0.2) is 46.5 Å². The smallest absolute Gasteiger partial charge is 0.219 e. The molecule has 0 aromatic carbocycles. The number of aryl methyl sites for hydroxylation is 1. The second-order valence-corrected chi connectivity index (χ2v) is 7.18. The van der Waals surface area contributed by atoms with Gasteiger partial charge in [-0.15, -0.1) is 0 Å². The van der Waals surface area contributed by atoms with E-state index in [0.29, 0.717) is 12.0 Å². The summed E-state index contributed by atoms with van der Waals surface area (Å²) in [6.07, 6.45) is 7.25. The van der Waals surface area contributed by atoms with Gasteiger partial charge in [0.1, 0.15) is 0 Å².